The molecule has 0 spiro atoms. The first-order valence-corrected chi connectivity index (χ1v) is 10.0. The first-order chi connectivity index (χ1) is 15.2. The molecule has 2 aliphatic rings. The van der Waals surface area contributed by atoms with Crippen LogP contribution >= 0.6 is 0 Å². The summed E-state index contributed by atoms with van der Waals surface area (Å²) in [6.07, 6.45) is -0.135. The molecule has 31 heavy (non-hydrogen) atoms. The highest BCUT2D eigenvalue weighted by Crippen LogP contribution is 2.33. The molecule has 2 aromatic carbocycles. The van der Waals surface area contributed by atoms with Gasteiger partial charge < -0.3 is 24.3 Å². The SMILES string of the molecule is COc1ccc(-c2ccc3c(c2)C[C@@H](CNC(=O)[C@H]2COc4ccccc4O2)O3)nn1. The molecule has 3 aromatic rings. The third-order valence-corrected chi connectivity index (χ3v) is 5.25. The van der Waals surface area contributed by atoms with Gasteiger partial charge in [-0.3, -0.25) is 4.79 Å². The van der Waals surface area contributed by atoms with Crippen molar-refractivity contribution in [2.45, 2.75) is 18.6 Å². The minimum absolute atomic E-state index is 0.145. The number of aromatic nitrogens is 2. The van der Waals surface area contributed by atoms with Gasteiger partial charge in [0.05, 0.1) is 19.3 Å². The van der Waals surface area contributed by atoms with Gasteiger partial charge in [0.2, 0.25) is 12.0 Å². The molecular formula is C23H21N3O5. The summed E-state index contributed by atoms with van der Waals surface area (Å²) in [5.41, 5.74) is 2.78. The van der Waals surface area contributed by atoms with E-state index in [4.69, 9.17) is 18.9 Å². The van der Waals surface area contributed by atoms with Crippen LogP contribution in [0.4, 0.5) is 0 Å². The predicted molar refractivity (Wildman–Crippen MR) is 112 cm³/mol. The van der Waals surface area contributed by atoms with E-state index in [0.29, 0.717) is 30.3 Å². The van der Waals surface area contributed by atoms with Crippen molar-refractivity contribution in [3.8, 4) is 34.4 Å². The van der Waals surface area contributed by atoms with Crippen molar-refractivity contribution in [2.75, 3.05) is 20.3 Å². The summed E-state index contributed by atoms with van der Waals surface area (Å²) < 4.78 is 22.4. The molecule has 1 N–H and O–H groups in total. The molecule has 1 amide bonds. The summed E-state index contributed by atoms with van der Waals surface area (Å²) in [6, 6.07) is 16.9. The Labute approximate surface area is 179 Å². The Balaban J connectivity index is 1.18. The maximum absolute atomic E-state index is 12.5. The Hall–Kier alpha value is -3.81. The monoisotopic (exact) mass is 419 g/mol. The Bertz CT molecular complexity index is 1100. The summed E-state index contributed by atoms with van der Waals surface area (Å²) in [6.45, 7) is 0.563. The second-order valence-electron chi connectivity index (χ2n) is 7.34. The van der Waals surface area contributed by atoms with Gasteiger partial charge in [0, 0.05) is 18.1 Å². The zero-order valence-corrected chi connectivity index (χ0v) is 16.9. The van der Waals surface area contributed by atoms with Gasteiger partial charge in [-0.05, 0) is 42.0 Å². The standard InChI is InChI=1S/C23H21N3O5/c1-28-22-9-7-17(25-26-22)14-6-8-18-15(10-14)11-16(30-18)12-24-23(27)21-13-29-19-4-2-3-5-20(19)31-21/h2-10,16,21H,11-13H2,1H3,(H,24,27)/t16-,21+/m0/s1. The molecule has 0 aliphatic carbocycles. The summed E-state index contributed by atoms with van der Waals surface area (Å²) in [4.78, 5) is 12.5. The molecule has 5 rings (SSSR count). The highest BCUT2D eigenvalue weighted by atomic mass is 16.6. The molecule has 0 fully saturated rings. The number of hydrogen-bond donors (Lipinski definition) is 1. The minimum Gasteiger partial charge on any atom is -0.488 e. The molecule has 1 aromatic heterocycles. The summed E-state index contributed by atoms with van der Waals surface area (Å²) in [5.74, 6) is 2.30. The van der Waals surface area contributed by atoms with E-state index in [0.717, 1.165) is 22.6 Å². The number of carbonyl (C=O) groups is 1. The van der Waals surface area contributed by atoms with E-state index >= 15 is 0 Å². The van der Waals surface area contributed by atoms with Crippen LogP contribution in [-0.2, 0) is 11.2 Å². The molecule has 0 unspecified atom stereocenters. The normalized spacial score (nSPS) is 18.6. The lowest BCUT2D eigenvalue weighted by molar-refractivity contribution is -0.130. The second kappa shape index (κ2) is 8.14. The number of hydrogen-bond acceptors (Lipinski definition) is 7. The molecule has 158 valence electrons. The lowest BCUT2D eigenvalue weighted by Gasteiger charge is -2.25. The zero-order valence-electron chi connectivity index (χ0n) is 16.9. The average molecular weight is 419 g/mol. The van der Waals surface area contributed by atoms with Gasteiger partial charge in [-0.25, -0.2) is 0 Å². The fourth-order valence-electron chi connectivity index (χ4n) is 3.65. The van der Waals surface area contributed by atoms with Crippen molar-refractivity contribution in [1.29, 1.82) is 0 Å². The first-order valence-electron chi connectivity index (χ1n) is 10.0. The fraction of sp³-hybridized carbons (Fsp3) is 0.261. The highest BCUT2D eigenvalue weighted by molar-refractivity contribution is 5.81. The van der Waals surface area contributed by atoms with Crippen LogP contribution in [-0.4, -0.2) is 48.6 Å². The smallest absolute Gasteiger partial charge is 0.264 e. The molecule has 2 atom stereocenters. The third kappa shape index (κ3) is 3.96. The molecule has 8 nitrogen and oxygen atoms in total. The first kappa shape index (κ1) is 19.2. The van der Waals surface area contributed by atoms with E-state index in [-0.39, 0.29) is 18.6 Å². The van der Waals surface area contributed by atoms with Crippen molar-refractivity contribution >= 4 is 5.91 Å². The average Bonchev–Trinajstić information content (AvgIpc) is 3.24. The van der Waals surface area contributed by atoms with E-state index in [9.17, 15) is 4.79 Å². The lowest BCUT2D eigenvalue weighted by Crippen LogP contribution is -2.46. The van der Waals surface area contributed by atoms with Crippen LogP contribution < -0.4 is 24.3 Å². The predicted octanol–water partition coefficient (Wildman–Crippen LogP) is 2.41. The molecule has 0 bridgehead atoms. The fourth-order valence-corrected chi connectivity index (χ4v) is 3.65. The Morgan fingerprint density at radius 3 is 2.74 bits per heavy atom. The van der Waals surface area contributed by atoms with Crippen LogP contribution in [0.5, 0.6) is 23.1 Å². The summed E-state index contributed by atoms with van der Waals surface area (Å²) in [7, 11) is 1.56. The molecular weight excluding hydrogens is 398 g/mol. The van der Waals surface area contributed by atoms with Gasteiger partial charge in [0.25, 0.3) is 5.91 Å². The van der Waals surface area contributed by atoms with Gasteiger partial charge in [0.1, 0.15) is 18.5 Å². The number of nitrogens with one attached hydrogen (secondary N) is 1. The quantitative estimate of drug-likeness (QED) is 0.679. The second-order valence-corrected chi connectivity index (χ2v) is 7.34. The molecule has 0 saturated heterocycles. The van der Waals surface area contributed by atoms with Crippen LogP contribution in [0.1, 0.15) is 5.56 Å². The maximum atomic E-state index is 12.5. The van der Waals surface area contributed by atoms with Crippen LogP contribution in [0, 0.1) is 0 Å². The van der Waals surface area contributed by atoms with Gasteiger partial charge in [0.15, 0.2) is 11.5 Å². The molecule has 0 saturated carbocycles. The van der Waals surface area contributed by atoms with E-state index in [1.165, 1.54) is 0 Å². The van der Waals surface area contributed by atoms with E-state index < -0.39 is 6.10 Å². The van der Waals surface area contributed by atoms with Crippen molar-refractivity contribution in [1.82, 2.24) is 15.5 Å². The van der Waals surface area contributed by atoms with Gasteiger partial charge >= 0.3 is 0 Å². The number of amides is 1. The highest BCUT2D eigenvalue weighted by Gasteiger charge is 2.29. The lowest BCUT2D eigenvalue weighted by atomic mass is 10.0. The Kier molecular flexibility index (Phi) is 5.03. The number of carbonyl (C=O) groups excluding carboxylic acids is 1. The Morgan fingerprint density at radius 1 is 1.06 bits per heavy atom. The number of benzene rings is 2. The van der Waals surface area contributed by atoms with Crippen molar-refractivity contribution in [3.63, 3.8) is 0 Å². The number of fused-ring (bicyclic) bond motifs is 2. The van der Waals surface area contributed by atoms with Crippen molar-refractivity contribution < 1.29 is 23.7 Å². The molecule has 3 heterocycles. The minimum atomic E-state index is -0.682. The number of rotatable bonds is 5. The molecule has 0 radical (unpaired) electrons. The van der Waals surface area contributed by atoms with Crippen molar-refractivity contribution in [2.24, 2.45) is 0 Å². The van der Waals surface area contributed by atoms with Crippen molar-refractivity contribution in [3.05, 3.63) is 60.2 Å². The Morgan fingerprint density at radius 2 is 1.94 bits per heavy atom. The molecule has 2 aliphatic heterocycles. The third-order valence-electron chi connectivity index (χ3n) is 5.25. The van der Waals surface area contributed by atoms with E-state index in [1.807, 2.05) is 42.5 Å². The van der Waals surface area contributed by atoms with Crippen LogP contribution in [0.15, 0.2) is 54.6 Å². The number of methoxy groups -OCH3 is 1. The zero-order chi connectivity index (χ0) is 21.2. The topological polar surface area (TPSA) is 91.8 Å². The number of nitrogens with zero attached hydrogens (tertiary/aromatic N) is 2. The number of ether oxygens (including phenoxy) is 4. The number of para-hydroxylation sites is 2. The van der Waals surface area contributed by atoms with Gasteiger partial charge in [-0.15, -0.1) is 10.2 Å². The summed E-state index contributed by atoms with van der Waals surface area (Å²) >= 11 is 0. The van der Waals surface area contributed by atoms with Crippen LogP contribution in [0.2, 0.25) is 0 Å². The summed E-state index contributed by atoms with van der Waals surface area (Å²) in [5, 5.41) is 11.1. The van der Waals surface area contributed by atoms with E-state index in [1.54, 1.807) is 19.2 Å². The van der Waals surface area contributed by atoms with Gasteiger partial charge in [-0.1, -0.05) is 12.1 Å². The van der Waals surface area contributed by atoms with Gasteiger partial charge in [-0.2, -0.15) is 0 Å². The largest absolute Gasteiger partial charge is 0.488 e. The van der Waals surface area contributed by atoms with Crippen LogP contribution in [0.25, 0.3) is 11.3 Å². The maximum Gasteiger partial charge on any atom is 0.264 e. The van der Waals surface area contributed by atoms with Crippen LogP contribution in [0.3, 0.4) is 0 Å². The molecule has 8 heteroatoms. The van der Waals surface area contributed by atoms with E-state index in [2.05, 4.69) is 15.5 Å².